The highest BCUT2D eigenvalue weighted by atomic mass is 19.4. The maximum atomic E-state index is 12.3. The van der Waals surface area contributed by atoms with Crippen LogP contribution in [0.2, 0.25) is 0 Å². The van der Waals surface area contributed by atoms with Crippen LogP contribution < -0.4 is 10.1 Å². The fourth-order valence-electron chi connectivity index (χ4n) is 2.29. The molecule has 150 valence electrons. The van der Waals surface area contributed by atoms with E-state index in [1.807, 2.05) is 0 Å². The maximum absolute atomic E-state index is 12.3. The number of aryl methyl sites for hydroxylation is 2. The van der Waals surface area contributed by atoms with Gasteiger partial charge in [-0.3, -0.25) is 9.59 Å². The van der Waals surface area contributed by atoms with E-state index in [0.717, 1.165) is 0 Å². The number of hydrogen-bond acceptors (Lipinski definition) is 6. The Kier molecular flexibility index (Phi) is 6.66. The summed E-state index contributed by atoms with van der Waals surface area (Å²) >= 11 is 0. The highest BCUT2D eigenvalue weighted by Crippen LogP contribution is 2.19. The second-order valence-corrected chi connectivity index (χ2v) is 6.23. The van der Waals surface area contributed by atoms with Crippen molar-refractivity contribution in [1.82, 2.24) is 20.3 Å². The molecular formula is C18H19F3N4O3. The van der Waals surface area contributed by atoms with Crippen molar-refractivity contribution in [2.24, 2.45) is 0 Å². The lowest BCUT2D eigenvalue weighted by Crippen LogP contribution is -2.25. The highest BCUT2D eigenvalue weighted by molar-refractivity contribution is 5.92. The Balaban J connectivity index is 2.02. The van der Waals surface area contributed by atoms with Gasteiger partial charge in [0.25, 0.3) is 5.91 Å². The minimum Gasteiger partial charge on any atom is -0.468 e. The van der Waals surface area contributed by atoms with Crippen molar-refractivity contribution in [3.05, 3.63) is 46.7 Å². The summed E-state index contributed by atoms with van der Waals surface area (Å²) < 4.78 is 41.2. The molecule has 1 N–H and O–H groups in total. The lowest BCUT2D eigenvalue weighted by molar-refractivity contribution is -0.154. The summed E-state index contributed by atoms with van der Waals surface area (Å²) in [6.45, 7) is 3.44. The molecule has 0 aliphatic carbocycles. The van der Waals surface area contributed by atoms with E-state index < -0.39 is 18.7 Å². The van der Waals surface area contributed by atoms with Crippen molar-refractivity contribution in [3.8, 4) is 5.88 Å². The molecule has 2 aromatic rings. The molecule has 7 nitrogen and oxygen atoms in total. The summed E-state index contributed by atoms with van der Waals surface area (Å²) in [5.74, 6) is -0.467. The first-order valence-corrected chi connectivity index (χ1v) is 8.31. The van der Waals surface area contributed by atoms with Gasteiger partial charge in [0.05, 0.1) is 6.42 Å². The van der Waals surface area contributed by atoms with E-state index in [1.165, 1.54) is 25.3 Å². The van der Waals surface area contributed by atoms with Gasteiger partial charge in [-0.1, -0.05) is 0 Å². The molecule has 0 fully saturated rings. The molecule has 0 aliphatic rings. The molecule has 2 heterocycles. The van der Waals surface area contributed by atoms with Crippen LogP contribution in [0.5, 0.6) is 5.88 Å². The fourth-order valence-corrected chi connectivity index (χ4v) is 2.29. The van der Waals surface area contributed by atoms with Gasteiger partial charge < -0.3 is 10.1 Å². The first kappa shape index (κ1) is 21.3. The molecular weight excluding hydrogens is 377 g/mol. The largest absolute Gasteiger partial charge is 0.468 e. The van der Waals surface area contributed by atoms with Gasteiger partial charge in [-0.15, -0.1) is 0 Å². The number of pyridine rings is 1. The zero-order chi connectivity index (χ0) is 20.9. The predicted molar refractivity (Wildman–Crippen MR) is 92.8 cm³/mol. The fraction of sp³-hybridized carbons (Fsp3) is 0.389. The van der Waals surface area contributed by atoms with Crippen molar-refractivity contribution < 1.29 is 27.5 Å². The molecule has 0 aromatic carbocycles. The molecule has 0 spiro atoms. The molecule has 0 unspecified atom stereocenters. The molecule has 2 aromatic heterocycles. The summed E-state index contributed by atoms with van der Waals surface area (Å²) in [6.07, 6.45) is -3.07. The van der Waals surface area contributed by atoms with Crippen LogP contribution >= 0.6 is 0 Å². The van der Waals surface area contributed by atoms with Crippen molar-refractivity contribution in [1.29, 1.82) is 0 Å². The molecule has 1 amide bonds. The summed E-state index contributed by atoms with van der Waals surface area (Å²) in [7, 11) is 0. The summed E-state index contributed by atoms with van der Waals surface area (Å²) in [6, 6.07) is 2.87. The van der Waals surface area contributed by atoms with E-state index >= 15 is 0 Å². The van der Waals surface area contributed by atoms with E-state index in [1.54, 1.807) is 13.8 Å². The van der Waals surface area contributed by atoms with Crippen molar-refractivity contribution in [2.45, 2.75) is 39.9 Å². The SMILES string of the molecule is CC(=O)Cc1nc(C)cc(C(=O)NCc2cnc(OCC(F)(F)F)cc2C)n1. The molecule has 28 heavy (non-hydrogen) atoms. The summed E-state index contributed by atoms with van der Waals surface area (Å²) in [5.41, 5.74) is 1.91. The predicted octanol–water partition coefficient (Wildman–Crippen LogP) is 2.49. The van der Waals surface area contributed by atoms with Crippen molar-refractivity contribution in [2.75, 3.05) is 6.61 Å². The van der Waals surface area contributed by atoms with Gasteiger partial charge in [-0.05, 0) is 38.0 Å². The molecule has 0 saturated heterocycles. The van der Waals surface area contributed by atoms with Gasteiger partial charge >= 0.3 is 6.18 Å². The third kappa shape index (κ3) is 6.60. The third-order valence-electron chi connectivity index (χ3n) is 3.56. The van der Waals surface area contributed by atoms with Crippen LogP contribution in [0.1, 0.15) is 40.1 Å². The molecule has 0 radical (unpaired) electrons. The van der Waals surface area contributed by atoms with E-state index in [9.17, 15) is 22.8 Å². The van der Waals surface area contributed by atoms with E-state index in [-0.39, 0.29) is 36.1 Å². The number of aromatic nitrogens is 3. The number of nitrogens with zero attached hydrogens (tertiary/aromatic N) is 3. The molecule has 0 saturated carbocycles. The number of nitrogens with one attached hydrogen (secondary N) is 1. The van der Waals surface area contributed by atoms with E-state index in [2.05, 4.69) is 25.0 Å². The lowest BCUT2D eigenvalue weighted by atomic mass is 10.1. The van der Waals surface area contributed by atoms with Gasteiger partial charge in [0.2, 0.25) is 5.88 Å². The number of carbonyl (C=O) groups excluding carboxylic acids is 2. The van der Waals surface area contributed by atoms with Crippen molar-refractivity contribution in [3.63, 3.8) is 0 Å². The number of ketones is 1. The number of rotatable bonds is 7. The maximum Gasteiger partial charge on any atom is 0.422 e. The molecule has 0 atom stereocenters. The number of halogens is 3. The van der Waals surface area contributed by atoms with Gasteiger partial charge in [0.1, 0.15) is 17.3 Å². The Morgan fingerprint density at radius 3 is 2.50 bits per heavy atom. The number of carbonyl (C=O) groups is 2. The van der Waals surface area contributed by atoms with Crippen LogP contribution in [0, 0.1) is 13.8 Å². The Morgan fingerprint density at radius 1 is 1.18 bits per heavy atom. The second kappa shape index (κ2) is 8.77. The minimum absolute atomic E-state index is 0.0321. The number of ether oxygens (including phenoxy) is 1. The average molecular weight is 396 g/mol. The van der Waals surface area contributed by atoms with Gasteiger partial charge in [-0.25, -0.2) is 15.0 Å². The Bertz CT molecular complexity index is 885. The third-order valence-corrected chi connectivity index (χ3v) is 3.56. The standard InChI is InChI=1S/C18H19F3N4O3/c1-10-4-16(28-9-18(19,20)21)22-7-13(10)8-23-17(27)14-5-11(2)24-15(25-14)6-12(3)26/h4-5,7H,6,8-9H2,1-3H3,(H,23,27). The zero-order valence-electron chi connectivity index (χ0n) is 15.6. The van der Waals surface area contributed by atoms with E-state index in [4.69, 9.17) is 0 Å². The zero-order valence-corrected chi connectivity index (χ0v) is 15.6. The topological polar surface area (TPSA) is 94.1 Å². The van der Waals surface area contributed by atoms with Crippen LogP contribution in [0.3, 0.4) is 0 Å². The summed E-state index contributed by atoms with van der Waals surface area (Å²) in [4.78, 5) is 35.6. The smallest absolute Gasteiger partial charge is 0.422 e. The van der Waals surface area contributed by atoms with Gasteiger partial charge in [-0.2, -0.15) is 13.2 Å². The number of amides is 1. The highest BCUT2D eigenvalue weighted by Gasteiger charge is 2.28. The van der Waals surface area contributed by atoms with E-state index in [0.29, 0.717) is 16.8 Å². The van der Waals surface area contributed by atoms with Crippen LogP contribution in [-0.2, 0) is 17.8 Å². The summed E-state index contributed by atoms with van der Waals surface area (Å²) in [5, 5.41) is 2.66. The quantitative estimate of drug-likeness (QED) is 0.773. The second-order valence-electron chi connectivity index (χ2n) is 6.23. The van der Waals surface area contributed by atoms with Crippen molar-refractivity contribution >= 4 is 11.7 Å². The Labute approximate surface area is 159 Å². The molecule has 0 bridgehead atoms. The van der Waals surface area contributed by atoms with Crippen LogP contribution in [-0.4, -0.2) is 39.4 Å². The van der Waals surface area contributed by atoms with Crippen LogP contribution in [0.15, 0.2) is 18.3 Å². The lowest BCUT2D eigenvalue weighted by Gasteiger charge is -2.11. The molecule has 0 aliphatic heterocycles. The Morgan fingerprint density at radius 2 is 1.89 bits per heavy atom. The molecule has 10 heteroatoms. The number of hydrogen-bond donors (Lipinski definition) is 1. The van der Waals surface area contributed by atoms with Crippen LogP contribution in [0.25, 0.3) is 0 Å². The Hall–Kier alpha value is -3.04. The number of alkyl halides is 3. The van der Waals surface area contributed by atoms with Crippen LogP contribution in [0.4, 0.5) is 13.2 Å². The number of Topliss-reactive ketones (excluding diaryl/α,β-unsaturated/α-hetero) is 1. The van der Waals surface area contributed by atoms with Gasteiger partial charge in [0.15, 0.2) is 6.61 Å². The molecule has 2 rings (SSSR count). The minimum atomic E-state index is -4.45. The first-order valence-electron chi connectivity index (χ1n) is 8.31. The average Bonchev–Trinajstić information content (AvgIpc) is 2.57. The normalized spacial score (nSPS) is 11.2. The first-order chi connectivity index (χ1) is 13.0. The van der Waals surface area contributed by atoms with Gasteiger partial charge in [0, 0.05) is 24.5 Å². The monoisotopic (exact) mass is 396 g/mol.